The Morgan fingerprint density at radius 1 is 1.25 bits per heavy atom. The molecule has 3 N–H and O–H groups in total. The van der Waals surface area contributed by atoms with Crippen molar-refractivity contribution in [1.82, 2.24) is 5.43 Å². The predicted octanol–water partition coefficient (Wildman–Crippen LogP) is 0.287. The Labute approximate surface area is 92.6 Å². The number of carbonyl (C=O) groups excluding carboxylic acids is 2. The van der Waals surface area contributed by atoms with Crippen LogP contribution >= 0.6 is 0 Å². The van der Waals surface area contributed by atoms with E-state index in [0.29, 0.717) is 0 Å². The third kappa shape index (κ3) is 4.19. The maximum atomic E-state index is 10.7. The first-order valence-corrected chi connectivity index (χ1v) is 4.54. The summed E-state index contributed by atoms with van der Waals surface area (Å²) in [5.74, 6) is -2.01. The molecule has 0 radical (unpaired) electrons. The lowest BCUT2D eigenvalue weighted by atomic mass is 10.2. The lowest BCUT2D eigenvalue weighted by Gasteiger charge is -1.91. The van der Waals surface area contributed by atoms with Crippen LogP contribution in [-0.2, 0) is 9.59 Å². The number of nitrogens with zero attached hydrogens (tertiary/aromatic N) is 1. The SMILES string of the molecule is NC(=O)C(=O)N/N=C\C=C\c1ccccc1. The molecule has 0 aromatic heterocycles. The van der Waals surface area contributed by atoms with Crippen molar-refractivity contribution in [2.75, 3.05) is 0 Å². The summed E-state index contributed by atoms with van der Waals surface area (Å²) < 4.78 is 0. The zero-order chi connectivity index (χ0) is 11.8. The quantitative estimate of drug-likeness (QED) is 0.433. The summed E-state index contributed by atoms with van der Waals surface area (Å²) in [5.41, 5.74) is 7.68. The summed E-state index contributed by atoms with van der Waals surface area (Å²) >= 11 is 0. The number of rotatable bonds is 3. The van der Waals surface area contributed by atoms with E-state index < -0.39 is 11.8 Å². The van der Waals surface area contributed by atoms with Crippen LogP contribution in [0.2, 0.25) is 0 Å². The number of hydrogen-bond acceptors (Lipinski definition) is 3. The zero-order valence-electron chi connectivity index (χ0n) is 8.46. The van der Waals surface area contributed by atoms with E-state index in [9.17, 15) is 9.59 Å². The molecule has 0 heterocycles. The molecule has 0 saturated heterocycles. The highest BCUT2D eigenvalue weighted by molar-refractivity contribution is 6.34. The monoisotopic (exact) mass is 217 g/mol. The van der Waals surface area contributed by atoms with Crippen LogP contribution in [0.4, 0.5) is 0 Å². The highest BCUT2D eigenvalue weighted by Crippen LogP contribution is 1.99. The van der Waals surface area contributed by atoms with E-state index in [0.717, 1.165) is 5.56 Å². The molecule has 5 heteroatoms. The highest BCUT2D eigenvalue weighted by Gasteiger charge is 2.04. The fourth-order valence-corrected chi connectivity index (χ4v) is 0.912. The first-order chi connectivity index (χ1) is 7.70. The van der Waals surface area contributed by atoms with E-state index in [2.05, 4.69) is 5.10 Å². The minimum Gasteiger partial charge on any atom is -0.361 e. The molecular formula is C11H11N3O2. The van der Waals surface area contributed by atoms with Crippen LogP contribution in [0.3, 0.4) is 0 Å². The number of allylic oxidation sites excluding steroid dienone is 1. The molecule has 0 saturated carbocycles. The van der Waals surface area contributed by atoms with Gasteiger partial charge in [-0.25, -0.2) is 5.43 Å². The third-order valence-electron chi connectivity index (χ3n) is 1.64. The molecule has 0 fully saturated rings. The molecule has 1 aromatic carbocycles. The second-order valence-electron chi connectivity index (χ2n) is 2.85. The van der Waals surface area contributed by atoms with Crippen LogP contribution in [0.25, 0.3) is 6.08 Å². The molecule has 2 amide bonds. The van der Waals surface area contributed by atoms with Crippen LogP contribution < -0.4 is 11.2 Å². The Morgan fingerprint density at radius 2 is 1.94 bits per heavy atom. The van der Waals surface area contributed by atoms with E-state index in [-0.39, 0.29) is 0 Å². The largest absolute Gasteiger partial charge is 0.361 e. The minimum atomic E-state index is -1.07. The molecule has 0 bridgehead atoms. The summed E-state index contributed by atoms with van der Waals surface area (Å²) in [7, 11) is 0. The Hall–Kier alpha value is -2.43. The highest BCUT2D eigenvalue weighted by atomic mass is 16.2. The smallest absolute Gasteiger partial charge is 0.329 e. The predicted molar refractivity (Wildman–Crippen MR) is 61.3 cm³/mol. The van der Waals surface area contributed by atoms with Crippen LogP contribution in [0.15, 0.2) is 41.5 Å². The van der Waals surface area contributed by atoms with Gasteiger partial charge in [-0.15, -0.1) is 0 Å². The topological polar surface area (TPSA) is 84.5 Å². The zero-order valence-corrected chi connectivity index (χ0v) is 8.46. The summed E-state index contributed by atoms with van der Waals surface area (Å²) in [6, 6.07) is 9.58. The van der Waals surface area contributed by atoms with Gasteiger partial charge in [0.05, 0.1) is 0 Å². The maximum absolute atomic E-state index is 10.7. The Kier molecular flexibility index (Phi) is 4.46. The van der Waals surface area contributed by atoms with Gasteiger partial charge in [0.25, 0.3) is 0 Å². The second kappa shape index (κ2) is 6.13. The fourth-order valence-electron chi connectivity index (χ4n) is 0.912. The molecule has 0 spiro atoms. The molecule has 0 atom stereocenters. The summed E-state index contributed by atoms with van der Waals surface area (Å²) in [6.45, 7) is 0. The van der Waals surface area contributed by atoms with E-state index in [1.54, 1.807) is 12.2 Å². The van der Waals surface area contributed by atoms with Crippen molar-refractivity contribution in [2.45, 2.75) is 0 Å². The van der Waals surface area contributed by atoms with Crippen LogP contribution in [0, 0.1) is 0 Å². The van der Waals surface area contributed by atoms with E-state index in [1.165, 1.54) is 6.21 Å². The van der Waals surface area contributed by atoms with Crippen molar-refractivity contribution in [3.05, 3.63) is 42.0 Å². The number of hydrogen-bond donors (Lipinski definition) is 2. The Bertz CT molecular complexity index is 424. The number of carbonyl (C=O) groups is 2. The second-order valence-corrected chi connectivity index (χ2v) is 2.85. The standard InChI is InChI=1S/C11H11N3O2/c12-10(15)11(16)14-13-8-4-7-9-5-2-1-3-6-9/h1-8H,(H2,12,15)(H,14,16)/b7-4+,13-8-. The van der Waals surface area contributed by atoms with Gasteiger partial charge in [0, 0.05) is 6.21 Å². The lowest BCUT2D eigenvalue weighted by Crippen LogP contribution is -2.32. The van der Waals surface area contributed by atoms with Gasteiger partial charge in [-0.05, 0) is 11.6 Å². The van der Waals surface area contributed by atoms with Crippen LogP contribution in [0.1, 0.15) is 5.56 Å². The summed E-state index contributed by atoms with van der Waals surface area (Å²) in [5, 5.41) is 3.50. The molecule has 16 heavy (non-hydrogen) atoms. The van der Waals surface area contributed by atoms with Gasteiger partial charge in [0.1, 0.15) is 0 Å². The van der Waals surface area contributed by atoms with Crippen molar-refractivity contribution in [3.8, 4) is 0 Å². The van der Waals surface area contributed by atoms with Crippen molar-refractivity contribution < 1.29 is 9.59 Å². The van der Waals surface area contributed by atoms with Crippen molar-refractivity contribution >= 4 is 24.1 Å². The summed E-state index contributed by atoms with van der Waals surface area (Å²) in [4.78, 5) is 21.0. The molecule has 0 aliphatic carbocycles. The number of amides is 2. The number of benzene rings is 1. The average Bonchev–Trinajstić information content (AvgIpc) is 2.29. The van der Waals surface area contributed by atoms with Gasteiger partial charge in [-0.2, -0.15) is 5.10 Å². The maximum Gasteiger partial charge on any atom is 0.329 e. The molecule has 5 nitrogen and oxygen atoms in total. The Balaban J connectivity index is 2.40. The molecule has 0 unspecified atom stereocenters. The van der Waals surface area contributed by atoms with Gasteiger partial charge in [0.15, 0.2) is 0 Å². The number of nitrogens with one attached hydrogen (secondary N) is 1. The minimum absolute atomic E-state index is 0.940. The van der Waals surface area contributed by atoms with E-state index >= 15 is 0 Å². The molecular weight excluding hydrogens is 206 g/mol. The van der Waals surface area contributed by atoms with E-state index in [1.807, 2.05) is 35.8 Å². The van der Waals surface area contributed by atoms with Gasteiger partial charge in [0.2, 0.25) is 0 Å². The van der Waals surface area contributed by atoms with Crippen molar-refractivity contribution in [1.29, 1.82) is 0 Å². The molecule has 0 aliphatic heterocycles. The Morgan fingerprint density at radius 3 is 2.56 bits per heavy atom. The molecule has 1 aromatic rings. The van der Waals surface area contributed by atoms with Crippen LogP contribution in [0.5, 0.6) is 0 Å². The number of nitrogens with two attached hydrogens (primary N) is 1. The van der Waals surface area contributed by atoms with Gasteiger partial charge in [-0.3, -0.25) is 9.59 Å². The normalized spacial score (nSPS) is 10.8. The average molecular weight is 217 g/mol. The first kappa shape index (κ1) is 11.6. The van der Waals surface area contributed by atoms with Gasteiger partial charge < -0.3 is 5.73 Å². The van der Waals surface area contributed by atoms with E-state index in [4.69, 9.17) is 5.73 Å². The molecule has 1 rings (SSSR count). The summed E-state index contributed by atoms with van der Waals surface area (Å²) in [6.07, 6.45) is 4.80. The third-order valence-corrected chi connectivity index (χ3v) is 1.64. The molecule has 0 aliphatic rings. The number of hydrazone groups is 1. The van der Waals surface area contributed by atoms with Gasteiger partial charge >= 0.3 is 11.8 Å². The van der Waals surface area contributed by atoms with Gasteiger partial charge in [-0.1, -0.05) is 36.4 Å². The van der Waals surface area contributed by atoms with Crippen molar-refractivity contribution in [3.63, 3.8) is 0 Å². The first-order valence-electron chi connectivity index (χ1n) is 4.54. The van der Waals surface area contributed by atoms with Crippen molar-refractivity contribution in [2.24, 2.45) is 10.8 Å². The fraction of sp³-hybridized carbons (Fsp3) is 0. The lowest BCUT2D eigenvalue weighted by molar-refractivity contribution is -0.137. The van der Waals surface area contributed by atoms with Crippen LogP contribution in [-0.4, -0.2) is 18.0 Å². The molecule has 82 valence electrons. The number of primary amides is 1.